The summed E-state index contributed by atoms with van der Waals surface area (Å²) in [6.45, 7) is 2.69. The molecule has 3 aromatic rings. The van der Waals surface area contributed by atoms with E-state index in [2.05, 4.69) is 5.32 Å². The Morgan fingerprint density at radius 1 is 1.09 bits per heavy atom. The van der Waals surface area contributed by atoms with Crippen LogP contribution in [0.5, 0.6) is 0 Å². The third-order valence-corrected chi connectivity index (χ3v) is 7.89. The highest BCUT2D eigenvalue weighted by molar-refractivity contribution is 7.99. The van der Waals surface area contributed by atoms with Crippen LogP contribution in [-0.2, 0) is 16.1 Å². The maximum Gasteiger partial charge on any atom is 0.255 e. The Labute approximate surface area is 207 Å². The van der Waals surface area contributed by atoms with Crippen molar-refractivity contribution in [1.82, 2.24) is 10.2 Å². The molecule has 2 amide bonds. The summed E-state index contributed by atoms with van der Waals surface area (Å²) in [6, 6.07) is 19.7. The van der Waals surface area contributed by atoms with Gasteiger partial charge in [-0.15, -0.1) is 11.3 Å². The lowest BCUT2D eigenvalue weighted by atomic mass is 10.0. The largest absolute Gasteiger partial charge is 0.380 e. The van der Waals surface area contributed by atoms with Crippen LogP contribution in [0.1, 0.15) is 34.9 Å². The van der Waals surface area contributed by atoms with E-state index in [0.29, 0.717) is 6.54 Å². The van der Waals surface area contributed by atoms with Crippen molar-refractivity contribution in [2.75, 3.05) is 6.54 Å². The highest BCUT2D eigenvalue weighted by atomic mass is 32.2. The number of rotatable bonds is 8. The van der Waals surface area contributed by atoms with Crippen molar-refractivity contribution in [3.05, 3.63) is 82.0 Å². The van der Waals surface area contributed by atoms with Crippen molar-refractivity contribution < 1.29 is 19.8 Å². The Bertz CT molecular complexity index is 1130. The van der Waals surface area contributed by atoms with E-state index in [1.807, 2.05) is 73.0 Å². The third-order valence-electron chi connectivity index (χ3n) is 5.83. The van der Waals surface area contributed by atoms with E-state index >= 15 is 0 Å². The van der Waals surface area contributed by atoms with Gasteiger partial charge in [-0.25, -0.2) is 0 Å². The summed E-state index contributed by atoms with van der Waals surface area (Å²) < 4.78 is 0. The molecule has 1 fully saturated rings. The summed E-state index contributed by atoms with van der Waals surface area (Å²) in [5.41, 5.74) is 2.09. The number of aliphatic hydroxyl groups excluding tert-OH is 2. The van der Waals surface area contributed by atoms with Gasteiger partial charge in [0, 0.05) is 26.6 Å². The van der Waals surface area contributed by atoms with Crippen LogP contribution in [0.15, 0.2) is 75.8 Å². The molecule has 1 aromatic heterocycles. The molecule has 0 radical (unpaired) electrons. The number of carbonyl (C=O) groups is 2. The number of hydrogen-bond acceptors (Lipinski definition) is 6. The molecular weight excluding hydrogens is 468 g/mol. The number of aryl methyl sites for hydroxylation is 1. The van der Waals surface area contributed by atoms with Gasteiger partial charge in [0.15, 0.2) is 12.2 Å². The van der Waals surface area contributed by atoms with Gasteiger partial charge in [0.2, 0.25) is 0 Å². The number of aliphatic hydroxyl groups is 2. The molecule has 1 aliphatic rings. The van der Waals surface area contributed by atoms with E-state index in [1.165, 1.54) is 11.3 Å². The van der Waals surface area contributed by atoms with Crippen molar-refractivity contribution in [3.63, 3.8) is 0 Å². The molecule has 6 nitrogen and oxygen atoms in total. The topological polar surface area (TPSA) is 89.9 Å². The van der Waals surface area contributed by atoms with Crippen molar-refractivity contribution in [2.45, 2.75) is 54.4 Å². The van der Waals surface area contributed by atoms with Crippen LogP contribution in [0.4, 0.5) is 0 Å². The molecule has 3 N–H and O–H groups in total. The van der Waals surface area contributed by atoms with Crippen LogP contribution in [0.25, 0.3) is 0 Å². The third kappa shape index (κ3) is 5.88. The fourth-order valence-electron chi connectivity index (χ4n) is 4.11. The summed E-state index contributed by atoms with van der Waals surface area (Å²) in [5, 5.41) is 25.5. The first kappa shape index (κ1) is 24.5. The molecule has 0 spiro atoms. The molecular formula is C26H28N2O4S2. The molecule has 0 saturated carbocycles. The summed E-state index contributed by atoms with van der Waals surface area (Å²) in [4.78, 5) is 30.1. The van der Waals surface area contributed by atoms with Crippen molar-refractivity contribution in [3.8, 4) is 0 Å². The number of hydrogen-bond donors (Lipinski definition) is 3. The minimum Gasteiger partial charge on any atom is -0.380 e. The van der Waals surface area contributed by atoms with Gasteiger partial charge >= 0.3 is 0 Å². The van der Waals surface area contributed by atoms with Gasteiger partial charge in [0.05, 0.1) is 12.6 Å². The number of amides is 2. The van der Waals surface area contributed by atoms with E-state index in [1.54, 1.807) is 16.7 Å². The maximum absolute atomic E-state index is 12.9. The highest BCUT2D eigenvalue weighted by Crippen LogP contribution is 2.33. The number of carbonyl (C=O) groups excluding carboxylic acids is 2. The van der Waals surface area contributed by atoms with Crippen molar-refractivity contribution in [2.24, 2.45) is 0 Å². The molecule has 4 rings (SSSR count). The molecule has 8 heteroatoms. The van der Waals surface area contributed by atoms with Gasteiger partial charge in [-0.2, -0.15) is 0 Å². The first-order chi connectivity index (χ1) is 16.4. The molecule has 34 heavy (non-hydrogen) atoms. The molecule has 0 unspecified atom stereocenters. The Morgan fingerprint density at radius 3 is 2.65 bits per heavy atom. The number of likely N-dealkylation sites (tertiary alicyclic amines) is 1. The van der Waals surface area contributed by atoms with Crippen LogP contribution >= 0.6 is 23.1 Å². The second kappa shape index (κ2) is 11.2. The van der Waals surface area contributed by atoms with E-state index < -0.39 is 24.0 Å². The Hall–Kier alpha value is -2.65. The van der Waals surface area contributed by atoms with E-state index in [-0.39, 0.29) is 12.6 Å². The first-order valence-corrected chi connectivity index (χ1v) is 12.9. The molecule has 2 heterocycles. The second-order valence-corrected chi connectivity index (χ2v) is 10.5. The quantitative estimate of drug-likeness (QED) is 0.440. The van der Waals surface area contributed by atoms with Gasteiger partial charge in [-0.05, 0) is 43.5 Å². The lowest BCUT2D eigenvalue weighted by molar-refractivity contribution is -0.153. The first-order valence-electron chi connectivity index (χ1n) is 11.2. The zero-order valence-electron chi connectivity index (χ0n) is 18.9. The fraction of sp³-hybridized carbons (Fsp3) is 0.308. The molecule has 0 bridgehead atoms. The molecule has 178 valence electrons. The van der Waals surface area contributed by atoms with E-state index in [9.17, 15) is 19.8 Å². The van der Waals surface area contributed by atoms with Gasteiger partial charge < -0.3 is 20.4 Å². The lowest BCUT2D eigenvalue weighted by Crippen LogP contribution is -2.50. The smallest absolute Gasteiger partial charge is 0.255 e. The van der Waals surface area contributed by atoms with Crippen LogP contribution in [0.2, 0.25) is 0 Å². The molecule has 1 saturated heterocycles. The standard InChI is InChI=1S/C26H28N2O4S2/c1-17-7-5-8-18(13-17)22-11-6-12-28(22)26(32)24(30)23(29)25(31)27-15-20-14-21(16-33-20)34-19-9-3-2-4-10-19/h2-5,7-10,13-14,16,22-24,29-30H,6,11-12,15H2,1H3,(H,27,31)/t22-,23-,24-/m1/s1. The summed E-state index contributed by atoms with van der Waals surface area (Å²) in [6.07, 6.45) is -2.05. The van der Waals surface area contributed by atoms with Crippen LogP contribution in [-0.4, -0.2) is 45.7 Å². The highest BCUT2D eigenvalue weighted by Gasteiger charge is 2.38. The minimum absolute atomic E-state index is 0.163. The Balaban J connectivity index is 1.32. The zero-order chi connectivity index (χ0) is 24.1. The maximum atomic E-state index is 12.9. The SMILES string of the molecule is Cc1cccc([C@H]2CCCN2C(=O)[C@H](O)[C@@H](O)C(=O)NCc2cc(Sc3ccccc3)cs2)c1. The van der Waals surface area contributed by atoms with Crippen molar-refractivity contribution >= 4 is 34.9 Å². The van der Waals surface area contributed by atoms with Gasteiger partial charge in [-0.1, -0.05) is 59.8 Å². The average molecular weight is 497 g/mol. The predicted molar refractivity (Wildman–Crippen MR) is 134 cm³/mol. The van der Waals surface area contributed by atoms with Gasteiger partial charge in [0.25, 0.3) is 11.8 Å². The zero-order valence-corrected chi connectivity index (χ0v) is 20.5. The monoisotopic (exact) mass is 496 g/mol. The van der Waals surface area contributed by atoms with Crippen LogP contribution in [0, 0.1) is 6.92 Å². The Morgan fingerprint density at radius 2 is 1.88 bits per heavy atom. The Kier molecular flexibility index (Phi) is 8.05. The molecule has 0 aliphatic carbocycles. The summed E-state index contributed by atoms with van der Waals surface area (Å²) in [5.74, 6) is -1.39. The number of benzene rings is 2. The number of nitrogens with one attached hydrogen (secondary N) is 1. The van der Waals surface area contributed by atoms with Crippen LogP contribution < -0.4 is 5.32 Å². The summed E-state index contributed by atoms with van der Waals surface area (Å²) >= 11 is 3.13. The lowest BCUT2D eigenvalue weighted by Gasteiger charge is -2.28. The molecule has 2 aromatic carbocycles. The summed E-state index contributed by atoms with van der Waals surface area (Å²) in [7, 11) is 0. The van der Waals surface area contributed by atoms with Crippen LogP contribution in [0.3, 0.4) is 0 Å². The minimum atomic E-state index is -1.83. The normalized spacial score (nSPS) is 17.4. The van der Waals surface area contributed by atoms with E-state index in [4.69, 9.17) is 0 Å². The van der Waals surface area contributed by atoms with Crippen molar-refractivity contribution in [1.29, 1.82) is 0 Å². The second-order valence-electron chi connectivity index (χ2n) is 8.38. The van der Waals surface area contributed by atoms with Gasteiger partial charge in [-0.3, -0.25) is 9.59 Å². The average Bonchev–Trinajstić information content (AvgIpc) is 3.51. The molecule has 3 atom stereocenters. The number of nitrogens with zero attached hydrogens (tertiary/aromatic N) is 1. The molecule has 1 aliphatic heterocycles. The fourth-order valence-corrected chi connectivity index (χ4v) is 5.98. The van der Waals surface area contributed by atoms with E-state index in [0.717, 1.165) is 38.6 Å². The predicted octanol–water partition coefficient (Wildman–Crippen LogP) is 3.91. The number of thiophene rings is 1. The van der Waals surface area contributed by atoms with Gasteiger partial charge in [0.1, 0.15) is 0 Å².